The molecule has 4 nitrogen and oxygen atoms in total. The van der Waals surface area contributed by atoms with Gasteiger partial charge in [-0.2, -0.15) is 0 Å². The van der Waals surface area contributed by atoms with Gasteiger partial charge in [0.1, 0.15) is 0 Å². The molecular weight excluding hydrogens is 338 g/mol. The molecule has 0 aliphatic heterocycles. The number of carbonyl (C=O) groups is 1. The van der Waals surface area contributed by atoms with E-state index in [1.807, 2.05) is 50.2 Å². The van der Waals surface area contributed by atoms with Crippen LogP contribution in [0.25, 0.3) is 0 Å². The molecule has 136 valence electrons. The van der Waals surface area contributed by atoms with E-state index in [1.165, 1.54) is 12.7 Å². The van der Waals surface area contributed by atoms with Crippen LogP contribution in [0.1, 0.15) is 28.4 Å². The first kappa shape index (κ1) is 21.2. The van der Waals surface area contributed by atoms with Crippen molar-refractivity contribution in [1.82, 2.24) is 5.32 Å². The average Bonchev–Trinajstić information content (AvgIpc) is 2.62. The molecule has 0 bridgehead atoms. The van der Waals surface area contributed by atoms with Crippen LogP contribution in [0.5, 0.6) is 0 Å². The van der Waals surface area contributed by atoms with E-state index in [1.54, 1.807) is 12.1 Å². The van der Waals surface area contributed by atoms with Crippen molar-refractivity contribution in [2.24, 2.45) is 0 Å². The molecule has 0 radical (unpaired) electrons. The molecule has 0 aliphatic carbocycles. The normalized spacial score (nSPS) is 9.92. The molecular formula is C20H26ClNO3. The third-order valence-electron chi connectivity index (χ3n) is 3.31. The van der Waals surface area contributed by atoms with Crippen molar-refractivity contribution < 1.29 is 14.3 Å². The first-order valence-corrected chi connectivity index (χ1v) is 8.62. The molecule has 1 N–H and O–H groups in total. The smallest absolute Gasteiger partial charge is 0.337 e. The van der Waals surface area contributed by atoms with Crippen LogP contribution in [0.4, 0.5) is 0 Å². The molecule has 25 heavy (non-hydrogen) atoms. The van der Waals surface area contributed by atoms with Crippen LogP contribution in [0.2, 0.25) is 5.02 Å². The Balaban J connectivity index is 0.000000324. The Morgan fingerprint density at radius 1 is 1.16 bits per heavy atom. The van der Waals surface area contributed by atoms with Gasteiger partial charge in [-0.05, 0) is 49.2 Å². The molecule has 0 fully saturated rings. The Morgan fingerprint density at radius 2 is 1.88 bits per heavy atom. The number of methoxy groups -OCH3 is 1. The number of halogens is 1. The maximum Gasteiger partial charge on any atom is 0.337 e. The average molecular weight is 364 g/mol. The van der Waals surface area contributed by atoms with Gasteiger partial charge in [0.25, 0.3) is 0 Å². The maximum absolute atomic E-state index is 11.2. The van der Waals surface area contributed by atoms with E-state index in [0.29, 0.717) is 5.56 Å². The van der Waals surface area contributed by atoms with E-state index in [0.717, 1.165) is 36.9 Å². The Bertz CT molecular complexity index is 612. The fourth-order valence-corrected chi connectivity index (χ4v) is 2.25. The second kappa shape index (κ2) is 12.5. The number of hydrogen-bond donors (Lipinski definition) is 1. The minimum atomic E-state index is -0.305. The molecule has 0 aromatic heterocycles. The van der Waals surface area contributed by atoms with E-state index in [2.05, 4.69) is 10.1 Å². The minimum absolute atomic E-state index is 0.305. The Kier molecular flexibility index (Phi) is 10.6. The zero-order chi connectivity index (χ0) is 18.5. The lowest BCUT2D eigenvalue weighted by atomic mass is 10.1. The summed E-state index contributed by atoms with van der Waals surface area (Å²) in [5.41, 5.74) is 2.91. The standard InChI is InChI=1S/C13H19NO3.C7H7Cl/c1-3-17-9-8-14-10-11-4-6-12(7-5-11)13(15)16-2;1-6-3-2-4-7(8)5-6/h4-7,14H,3,8-10H2,1-2H3;2-5H,1H3. The van der Waals surface area contributed by atoms with E-state index in [-0.39, 0.29) is 5.97 Å². The van der Waals surface area contributed by atoms with Crippen LogP contribution in [0.15, 0.2) is 48.5 Å². The zero-order valence-electron chi connectivity index (χ0n) is 15.0. The zero-order valence-corrected chi connectivity index (χ0v) is 15.8. The van der Waals surface area contributed by atoms with E-state index >= 15 is 0 Å². The summed E-state index contributed by atoms with van der Waals surface area (Å²) in [7, 11) is 1.38. The van der Waals surface area contributed by atoms with Crippen LogP contribution in [0, 0.1) is 6.92 Å². The molecule has 5 heteroatoms. The lowest BCUT2D eigenvalue weighted by Gasteiger charge is -2.05. The fourth-order valence-electron chi connectivity index (χ4n) is 2.00. The Labute approximate surface area is 155 Å². The topological polar surface area (TPSA) is 47.6 Å². The van der Waals surface area contributed by atoms with Gasteiger partial charge in [0.15, 0.2) is 0 Å². The molecule has 0 saturated carbocycles. The van der Waals surface area contributed by atoms with Crippen molar-refractivity contribution in [2.75, 3.05) is 26.9 Å². The number of carbonyl (C=O) groups excluding carboxylic acids is 1. The first-order valence-electron chi connectivity index (χ1n) is 8.24. The van der Waals surface area contributed by atoms with Gasteiger partial charge in [0.05, 0.1) is 19.3 Å². The van der Waals surface area contributed by atoms with Crippen LogP contribution in [-0.2, 0) is 16.0 Å². The molecule has 0 heterocycles. The summed E-state index contributed by atoms with van der Waals surface area (Å²) in [4.78, 5) is 11.2. The van der Waals surface area contributed by atoms with Gasteiger partial charge in [-0.3, -0.25) is 0 Å². The summed E-state index contributed by atoms with van der Waals surface area (Å²) in [6.07, 6.45) is 0. The van der Waals surface area contributed by atoms with Crippen LogP contribution >= 0.6 is 11.6 Å². The summed E-state index contributed by atoms with van der Waals surface area (Å²) in [6.45, 7) is 7.06. The van der Waals surface area contributed by atoms with Crippen molar-refractivity contribution in [3.05, 3.63) is 70.2 Å². The predicted octanol–water partition coefficient (Wildman–Crippen LogP) is 4.25. The van der Waals surface area contributed by atoms with E-state index in [4.69, 9.17) is 16.3 Å². The number of rotatable bonds is 7. The van der Waals surface area contributed by atoms with Crippen molar-refractivity contribution >= 4 is 17.6 Å². The number of ether oxygens (including phenoxy) is 2. The van der Waals surface area contributed by atoms with Crippen molar-refractivity contribution in [1.29, 1.82) is 0 Å². The third kappa shape index (κ3) is 9.25. The SMILES string of the molecule is CCOCCNCc1ccc(C(=O)OC)cc1.Cc1cccc(Cl)c1. The summed E-state index contributed by atoms with van der Waals surface area (Å²) < 4.78 is 9.84. The van der Waals surface area contributed by atoms with Crippen LogP contribution in [0.3, 0.4) is 0 Å². The number of nitrogens with one attached hydrogen (secondary N) is 1. The monoisotopic (exact) mass is 363 g/mol. The summed E-state index contributed by atoms with van der Waals surface area (Å²) in [6, 6.07) is 15.1. The van der Waals surface area contributed by atoms with Crippen LogP contribution < -0.4 is 5.32 Å². The molecule has 2 aromatic rings. The van der Waals surface area contributed by atoms with E-state index in [9.17, 15) is 4.79 Å². The highest BCUT2D eigenvalue weighted by molar-refractivity contribution is 6.30. The van der Waals surface area contributed by atoms with Gasteiger partial charge in [-0.15, -0.1) is 0 Å². The molecule has 0 amide bonds. The molecule has 0 saturated heterocycles. The quantitative estimate of drug-likeness (QED) is 0.590. The lowest BCUT2D eigenvalue weighted by Crippen LogP contribution is -2.19. The number of hydrogen-bond acceptors (Lipinski definition) is 4. The first-order chi connectivity index (χ1) is 12.1. The van der Waals surface area contributed by atoms with Crippen molar-refractivity contribution in [2.45, 2.75) is 20.4 Å². The molecule has 0 spiro atoms. The molecule has 0 unspecified atom stereocenters. The van der Waals surface area contributed by atoms with Gasteiger partial charge in [-0.25, -0.2) is 4.79 Å². The minimum Gasteiger partial charge on any atom is -0.465 e. The number of esters is 1. The Hall–Kier alpha value is -1.88. The summed E-state index contributed by atoms with van der Waals surface area (Å²) >= 11 is 5.64. The lowest BCUT2D eigenvalue weighted by molar-refractivity contribution is 0.0600. The highest BCUT2D eigenvalue weighted by Crippen LogP contribution is 2.08. The number of benzene rings is 2. The fraction of sp³-hybridized carbons (Fsp3) is 0.350. The van der Waals surface area contributed by atoms with Gasteiger partial charge >= 0.3 is 5.97 Å². The second-order valence-corrected chi connectivity index (χ2v) is 5.80. The van der Waals surface area contributed by atoms with E-state index < -0.39 is 0 Å². The van der Waals surface area contributed by atoms with Gasteiger partial charge in [0.2, 0.25) is 0 Å². The van der Waals surface area contributed by atoms with Crippen molar-refractivity contribution in [3.8, 4) is 0 Å². The summed E-state index contributed by atoms with van der Waals surface area (Å²) in [5, 5.41) is 4.07. The van der Waals surface area contributed by atoms with Gasteiger partial charge in [-0.1, -0.05) is 35.9 Å². The highest BCUT2D eigenvalue weighted by atomic mass is 35.5. The largest absolute Gasteiger partial charge is 0.465 e. The van der Waals surface area contributed by atoms with Gasteiger partial charge in [0, 0.05) is 24.7 Å². The molecule has 2 aromatic carbocycles. The van der Waals surface area contributed by atoms with Crippen molar-refractivity contribution in [3.63, 3.8) is 0 Å². The molecule has 2 rings (SSSR count). The number of aryl methyl sites for hydroxylation is 1. The molecule has 0 aliphatic rings. The Morgan fingerprint density at radius 3 is 2.40 bits per heavy atom. The predicted molar refractivity (Wildman–Crippen MR) is 102 cm³/mol. The molecule has 0 atom stereocenters. The summed E-state index contributed by atoms with van der Waals surface area (Å²) in [5.74, 6) is -0.305. The van der Waals surface area contributed by atoms with Crippen LogP contribution in [-0.4, -0.2) is 32.8 Å². The second-order valence-electron chi connectivity index (χ2n) is 5.36. The van der Waals surface area contributed by atoms with Gasteiger partial charge < -0.3 is 14.8 Å². The third-order valence-corrected chi connectivity index (χ3v) is 3.55. The highest BCUT2D eigenvalue weighted by Gasteiger charge is 2.03. The maximum atomic E-state index is 11.2.